The summed E-state index contributed by atoms with van der Waals surface area (Å²) in [4.78, 5) is 11.9. The molecule has 5 nitrogen and oxygen atoms in total. The van der Waals surface area contributed by atoms with Crippen LogP contribution in [-0.4, -0.2) is 41.4 Å². The summed E-state index contributed by atoms with van der Waals surface area (Å²) >= 11 is 0. The molecule has 0 saturated heterocycles. The van der Waals surface area contributed by atoms with E-state index in [9.17, 15) is 15.0 Å². The Bertz CT molecular complexity index is 229. The molecule has 5 heteroatoms. The average Bonchev–Trinajstić information content (AvgIpc) is 2.43. The van der Waals surface area contributed by atoms with Gasteiger partial charge >= 0.3 is 0 Å². The first-order chi connectivity index (χ1) is 9.07. The molecule has 1 atom stereocenters. The van der Waals surface area contributed by atoms with Crippen molar-refractivity contribution in [1.82, 2.24) is 5.32 Å². The van der Waals surface area contributed by atoms with Gasteiger partial charge in [0.15, 0.2) is 0 Å². The fourth-order valence-electron chi connectivity index (χ4n) is 2.21. The Morgan fingerprint density at radius 1 is 1.21 bits per heavy atom. The maximum atomic E-state index is 11.9. The molecule has 1 unspecified atom stereocenters. The molecule has 114 valence electrons. The van der Waals surface area contributed by atoms with Gasteiger partial charge in [0.05, 0.1) is 18.8 Å². The fourth-order valence-corrected chi connectivity index (χ4v) is 2.21. The molecule has 0 aromatic carbocycles. The smallest absolute Gasteiger partial charge is 0.220 e. The van der Waals surface area contributed by atoms with Crippen LogP contribution in [0.1, 0.15) is 52.4 Å². The van der Waals surface area contributed by atoms with Gasteiger partial charge in [0.1, 0.15) is 0 Å². The van der Waals surface area contributed by atoms with E-state index in [1.807, 2.05) is 6.92 Å². The van der Waals surface area contributed by atoms with Crippen molar-refractivity contribution in [1.29, 1.82) is 0 Å². The van der Waals surface area contributed by atoms with Crippen molar-refractivity contribution >= 4 is 5.91 Å². The number of nitrogens with one attached hydrogen (secondary N) is 1. The summed E-state index contributed by atoms with van der Waals surface area (Å²) in [6.07, 6.45) is 4.87. The van der Waals surface area contributed by atoms with Gasteiger partial charge in [0.2, 0.25) is 5.91 Å². The molecule has 5 N–H and O–H groups in total. The van der Waals surface area contributed by atoms with Gasteiger partial charge in [0.25, 0.3) is 0 Å². The molecule has 1 amide bonds. The lowest BCUT2D eigenvalue weighted by Crippen LogP contribution is -2.53. The van der Waals surface area contributed by atoms with E-state index in [1.165, 1.54) is 0 Å². The normalized spacial score (nSPS) is 13.3. The number of aliphatic hydroxyl groups excluding tert-OH is 2. The lowest BCUT2D eigenvalue weighted by atomic mass is 9.93. The largest absolute Gasteiger partial charge is 0.394 e. The van der Waals surface area contributed by atoms with Gasteiger partial charge < -0.3 is 21.3 Å². The van der Waals surface area contributed by atoms with E-state index in [4.69, 9.17) is 5.73 Å². The second-order valence-electron chi connectivity index (χ2n) is 5.27. The van der Waals surface area contributed by atoms with Gasteiger partial charge in [-0.15, -0.1) is 0 Å². The minimum absolute atomic E-state index is 0.108. The summed E-state index contributed by atoms with van der Waals surface area (Å²) in [5.74, 6) is 0.378. The van der Waals surface area contributed by atoms with Gasteiger partial charge in [-0.1, -0.05) is 26.7 Å². The van der Waals surface area contributed by atoms with E-state index >= 15 is 0 Å². The van der Waals surface area contributed by atoms with E-state index in [2.05, 4.69) is 12.2 Å². The van der Waals surface area contributed by atoms with Crippen molar-refractivity contribution in [2.24, 2.45) is 11.7 Å². The average molecular weight is 274 g/mol. The number of aliphatic hydroxyl groups is 2. The van der Waals surface area contributed by atoms with Gasteiger partial charge in [-0.05, 0) is 31.7 Å². The van der Waals surface area contributed by atoms with Crippen LogP contribution in [-0.2, 0) is 4.79 Å². The van der Waals surface area contributed by atoms with Crippen molar-refractivity contribution in [2.45, 2.75) is 57.9 Å². The second-order valence-corrected chi connectivity index (χ2v) is 5.27. The number of hydrogen-bond acceptors (Lipinski definition) is 4. The fraction of sp³-hybridized carbons (Fsp3) is 0.929. The molecule has 0 aliphatic rings. The molecule has 0 radical (unpaired) electrons. The lowest BCUT2D eigenvalue weighted by molar-refractivity contribution is -0.124. The van der Waals surface area contributed by atoms with Crippen molar-refractivity contribution in [3.63, 3.8) is 0 Å². The molecule has 0 aliphatic carbocycles. The first-order valence-corrected chi connectivity index (χ1v) is 7.30. The highest BCUT2D eigenvalue weighted by molar-refractivity contribution is 5.76. The van der Waals surface area contributed by atoms with Crippen LogP contribution in [0.2, 0.25) is 0 Å². The monoisotopic (exact) mass is 274 g/mol. The van der Waals surface area contributed by atoms with Gasteiger partial charge in [-0.25, -0.2) is 0 Å². The van der Waals surface area contributed by atoms with Gasteiger partial charge in [-0.2, -0.15) is 0 Å². The van der Waals surface area contributed by atoms with Crippen molar-refractivity contribution in [3.05, 3.63) is 0 Å². The van der Waals surface area contributed by atoms with Crippen molar-refractivity contribution in [3.8, 4) is 0 Å². The van der Waals surface area contributed by atoms with E-state index in [0.717, 1.165) is 25.7 Å². The SMILES string of the molecule is CCCC(CCN)CCC(=O)NC(CC)(CO)CO. The lowest BCUT2D eigenvalue weighted by Gasteiger charge is -2.30. The Balaban J connectivity index is 4.21. The minimum Gasteiger partial charge on any atom is -0.394 e. The highest BCUT2D eigenvalue weighted by atomic mass is 16.3. The Hall–Kier alpha value is -0.650. The molecule has 0 aliphatic heterocycles. The van der Waals surface area contributed by atoms with E-state index in [0.29, 0.717) is 25.3 Å². The maximum Gasteiger partial charge on any atom is 0.220 e. The van der Waals surface area contributed by atoms with Crippen LogP contribution >= 0.6 is 0 Å². The molecule has 0 bridgehead atoms. The third kappa shape index (κ3) is 6.89. The molecule has 0 rings (SSSR count). The topological polar surface area (TPSA) is 95.6 Å². The quantitative estimate of drug-likeness (QED) is 0.448. The Morgan fingerprint density at radius 2 is 1.84 bits per heavy atom. The maximum absolute atomic E-state index is 11.9. The van der Waals surface area contributed by atoms with Gasteiger partial charge in [0, 0.05) is 6.42 Å². The number of carbonyl (C=O) groups is 1. The number of nitrogens with two attached hydrogens (primary N) is 1. The highest BCUT2D eigenvalue weighted by Gasteiger charge is 2.28. The van der Waals surface area contributed by atoms with Crippen molar-refractivity contribution in [2.75, 3.05) is 19.8 Å². The summed E-state index contributed by atoms with van der Waals surface area (Å²) in [6.45, 7) is 4.13. The molecule has 0 spiro atoms. The molecule has 0 saturated carbocycles. The van der Waals surface area contributed by atoms with Crippen LogP contribution in [0.4, 0.5) is 0 Å². The molecular formula is C14H30N2O3. The summed E-state index contributed by atoms with van der Waals surface area (Å²) in [6, 6.07) is 0. The molecule has 19 heavy (non-hydrogen) atoms. The Morgan fingerprint density at radius 3 is 2.26 bits per heavy atom. The van der Waals surface area contributed by atoms with Crippen molar-refractivity contribution < 1.29 is 15.0 Å². The zero-order valence-electron chi connectivity index (χ0n) is 12.3. The summed E-state index contributed by atoms with van der Waals surface area (Å²) < 4.78 is 0. The van der Waals surface area contributed by atoms with Crippen LogP contribution in [0.15, 0.2) is 0 Å². The first kappa shape index (κ1) is 18.4. The van der Waals surface area contributed by atoms with Gasteiger partial charge in [-0.3, -0.25) is 4.79 Å². The van der Waals surface area contributed by atoms with Crippen LogP contribution in [0.3, 0.4) is 0 Å². The molecule has 0 fully saturated rings. The minimum atomic E-state index is -0.884. The second kappa shape index (κ2) is 10.2. The Labute approximate surface area is 116 Å². The van der Waals surface area contributed by atoms with Crippen LogP contribution in [0, 0.1) is 5.92 Å². The predicted octanol–water partition coefficient (Wildman–Crippen LogP) is 0.781. The summed E-state index contributed by atoms with van der Waals surface area (Å²) in [5.41, 5.74) is 4.68. The van der Waals surface area contributed by atoms with E-state index in [-0.39, 0.29) is 19.1 Å². The van der Waals surface area contributed by atoms with Crippen LogP contribution < -0.4 is 11.1 Å². The zero-order chi connectivity index (χ0) is 14.7. The summed E-state index contributed by atoms with van der Waals surface area (Å²) in [7, 11) is 0. The third-order valence-corrected chi connectivity index (χ3v) is 3.74. The number of rotatable bonds is 11. The van der Waals surface area contributed by atoms with Crippen LogP contribution in [0.5, 0.6) is 0 Å². The zero-order valence-corrected chi connectivity index (χ0v) is 12.3. The van der Waals surface area contributed by atoms with Crippen LogP contribution in [0.25, 0.3) is 0 Å². The number of carbonyl (C=O) groups excluding carboxylic acids is 1. The third-order valence-electron chi connectivity index (χ3n) is 3.74. The molecule has 0 heterocycles. The predicted molar refractivity (Wildman–Crippen MR) is 76.6 cm³/mol. The number of hydrogen-bond donors (Lipinski definition) is 4. The van der Waals surface area contributed by atoms with E-state index in [1.54, 1.807) is 0 Å². The van der Waals surface area contributed by atoms with E-state index < -0.39 is 5.54 Å². The standard InChI is InChI=1S/C14H30N2O3/c1-3-5-12(8-9-15)6-7-13(19)16-14(4-2,10-17)11-18/h12,17-18H,3-11,15H2,1-2H3,(H,16,19). The summed E-state index contributed by atoms with van der Waals surface area (Å²) in [5, 5.41) is 21.3. The molecular weight excluding hydrogens is 244 g/mol. The molecule has 0 aromatic rings. The molecule has 0 aromatic heterocycles. The Kier molecular flexibility index (Phi) is 9.83. The highest BCUT2D eigenvalue weighted by Crippen LogP contribution is 2.17. The first-order valence-electron chi connectivity index (χ1n) is 7.30. The number of amides is 1.